The van der Waals surface area contributed by atoms with Crippen molar-refractivity contribution >= 4 is 5.91 Å². The maximum Gasteiger partial charge on any atom is 0.425 e. The maximum absolute atomic E-state index is 15.6. The molecule has 10 heteroatoms. The number of alkyl halides is 4. The fraction of sp³-hybridized carbons (Fsp3) is 0.593. The third-order valence-electron chi connectivity index (χ3n) is 7.51. The zero-order valence-corrected chi connectivity index (χ0v) is 21.3. The number of nitrogens with zero attached hydrogens (tertiary/aromatic N) is 3. The molecule has 0 saturated heterocycles. The minimum Gasteiger partial charge on any atom is -0.465 e. The van der Waals surface area contributed by atoms with Gasteiger partial charge in [-0.05, 0) is 70.1 Å². The molecule has 0 unspecified atom stereocenters. The van der Waals surface area contributed by atoms with Crippen molar-refractivity contribution in [2.75, 3.05) is 19.6 Å². The number of aryl methyl sites for hydroxylation is 1. The van der Waals surface area contributed by atoms with Gasteiger partial charge in [-0.25, -0.2) is 9.37 Å². The van der Waals surface area contributed by atoms with Gasteiger partial charge in [-0.2, -0.15) is 13.2 Å². The summed E-state index contributed by atoms with van der Waals surface area (Å²) < 4.78 is 59.0. The monoisotopic (exact) mass is 522 g/mol. The van der Waals surface area contributed by atoms with Gasteiger partial charge in [0.05, 0.1) is 5.56 Å². The molecule has 0 spiro atoms. The van der Waals surface area contributed by atoms with Crippen LogP contribution in [0.5, 0.6) is 5.88 Å². The van der Waals surface area contributed by atoms with Crippen LogP contribution in [0.3, 0.4) is 0 Å². The van der Waals surface area contributed by atoms with E-state index in [1.54, 1.807) is 31.3 Å². The average Bonchev–Trinajstić information content (AvgIpc) is 3.06. The Kier molecular flexibility index (Phi) is 8.36. The van der Waals surface area contributed by atoms with Crippen LogP contribution in [0.2, 0.25) is 0 Å². The first-order valence-electron chi connectivity index (χ1n) is 12.9. The summed E-state index contributed by atoms with van der Waals surface area (Å²) in [4.78, 5) is 23.2. The first-order valence-corrected chi connectivity index (χ1v) is 12.9. The lowest BCUT2D eigenvalue weighted by atomic mass is 9.81. The summed E-state index contributed by atoms with van der Waals surface area (Å²) in [6.07, 6.45) is -1.04. The number of halogens is 4. The Balaban J connectivity index is 1.24. The lowest BCUT2D eigenvalue weighted by molar-refractivity contribution is -0.190. The van der Waals surface area contributed by atoms with Crippen LogP contribution in [0.25, 0.3) is 0 Å². The van der Waals surface area contributed by atoms with E-state index < -0.39 is 17.9 Å². The molecular weight excluding hydrogens is 488 g/mol. The molecule has 1 N–H and O–H groups in total. The SMILES string of the molecule is Cc1ncccc1C(=O)N[C@H]1CC[C@](F)(CCN2CCc3ccc(O[C@H](C)C(F)(F)F)nc3CC2)CC1. The predicted octanol–water partition coefficient (Wildman–Crippen LogP) is 4.99. The molecule has 0 bridgehead atoms. The van der Waals surface area contributed by atoms with Gasteiger partial charge in [-0.3, -0.25) is 9.78 Å². The summed E-state index contributed by atoms with van der Waals surface area (Å²) in [6, 6.07) is 6.69. The third-order valence-corrected chi connectivity index (χ3v) is 7.51. The summed E-state index contributed by atoms with van der Waals surface area (Å²) in [6.45, 7) is 4.77. The molecular formula is C27H34F4N4O2. The van der Waals surface area contributed by atoms with E-state index in [1.165, 1.54) is 6.07 Å². The van der Waals surface area contributed by atoms with Crippen LogP contribution in [-0.4, -0.2) is 64.4 Å². The van der Waals surface area contributed by atoms with E-state index in [0.29, 0.717) is 69.3 Å². The fourth-order valence-electron chi connectivity index (χ4n) is 5.02. The van der Waals surface area contributed by atoms with E-state index in [0.717, 1.165) is 24.7 Å². The minimum absolute atomic E-state index is 0.0257. The topological polar surface area (TPSA) is 67.4 Å². The summed E-state index contributed by atoms with van der Waals surface area (Å²) >= 11 is 0. The Morgan fingerprint density at radius 3 is 2.65 bits per heavy atom. The van der Waals surface area contributed by atoms with Crippen molar-refractivity contribution in [3.63, 3.8) is 0 Å². The highest BCUT2D eigenvalue weighted by atomic mass is 19.4. The van der Waals surface area contributed by atoms with Crippen LogP contribution in [0.15, 0.2) is 30.5 Å². The van der Waals surface area contributed by atoms with Gasteiger partial charge in [0.25, 0.3) is 5.91 Å². The molecule has 202 valence electrons. The third kappa shape index (κ3) is 7.18. The summed E-state index contributed by atoms with van der Waals surface area (Å²) in [5.41, 5.74) is 1.68. The van der Waals surface area contributed by atoms with Crippen LogP contribution >= 0.6 is 0 Å². The number of amides is 1. The standard InChI is InChI=1S/C27H34F4N4O2/c1-18-22(4-3-14-32-18)25(36)33-21-7-11-26(28,12-8-21)13-17-35-15-9-20-5-6-24(34-23(20)10-16-35)37-19(2)27(29,30)31/h3-6,14,19,21H,7-13,15-17H2,1-2H3,(H,33,36)/t19-,21-,26+/m1/s1. The minimum atomic E-state index is -4.45. The average molecular weight is 523 g/mol. The molecule has 2 aliphatic rings. The predicted molar refractivity (Wildman–Crippen MR) is 131 cm³/mol. The molecule has 1 saturated carbocycles. The van der Waals surface area contributed by atoms with Crippen molar-refractivity contribution in [3.8, 4) is 5.88 Å². The van der Waals surface area contributed by atoms with Gasteiger partial charge >= 0.3 is 6.18 Å². The Bertz CT molecular complexity index is 1090. The lowest BCUT2D eigenvalue weighted by Crippen LogP contribution is -2.43. The molecule has 1 aliphatic heterocycles. The molecule has 4 rings (SSSR count). The van der Waals surface area contributed by atoms with E-state index in [1.807, 2.05) is 0 Å². The van der Waals surface area contributed by atoms with Gasteiger partial charge in [0, 0.05) is 55.7 Å². The molecule has 1 fully saturated rings. The van der Waals surface area contributed by atoms with E-state index >= 15 is 4.39 Å². The second-order valence-electron chi connectivity index (χ2n) is 10.2. The maximum atomic E-state index is 15.6. The van der Waals surface area contributed by atoms with Crippen LogP contribution in [0, 0.1) is 6.92 Å². The summed E-state index contributed by atoms with van der Waals surface area (Å²) in [5, 5.41) is 3.03. The molecule has 6 nitrogen and oxygen atoms in total. The summed E-state index contributed by atoms with van der Waals surface area (Å²) in [5.74, 6) is -0.191. The molecule has 37 heavy (non-hydrogen) atoms. The number of hydrogen-bond donors (Lipinski definition) is 1. The van der Waals surface area contributed by atoms with E-state index in [-0.39, 0.29) is 17.8 Å². The largest absolute Gasteiger partial charge is 0.465 e. The van der Waals surface area contributed by atoms with E-state index in [2.05, 4.69) is 20.2 Å². The molecule has 1 amide bonds. The number of aromatic nitrogens is 2. The number of carbonyl (C=O) groups excluding carboxylic acids is 1. The highest BCUT2D eigenvalue weighted by Crippen LogP contribution is 2.35. The van der Waals surface area contributed by atoms with Crippen molar-refractivity contribution in [1.82, 2.24) is 20.2 Å². The first-order chi connectivity index (χ1) is 17.5. The van der Waals surface area contributed by atoms with Gasteiger partial charge in [0.1, 0.15) is 5.67 Å². The number of nitrogens with one attached hydrogen (secondary N) is 1. The zero-order valence-electron chi connectivity index (χ0n) is 21.3. The van der Waals surface area contributed by atoms with Gasteiger partial charge in [-0.1, -0.05) is 6.07 Å². The number of carbonyl (C=O) groups is 1. The number of pyridine rings is 2. The molecule has 0 aromatic carbocycles. The number of fused-ring (bicyclic) bond motifs is 1. The number of hydrogen-bond acceptors (Lipinski definition) is 5. The molecule has 3 heterocycles. The van der Waals surface area contributed by atoms with Crippen LogP contribution < -0.4 is 10.1 Å². The van der Waals surface area contributed by atoms with Crippen LogP contribution in [0.4, 0.5) is 17.6 Å². The van der Waals surface area contributed by atoms with Crippen molar-refractivity contribution in [3.05, 3.63) is 53.0 Å². The second kappa shape index (κ2) is 11.3. The normalized spacial score (nSPS) is 23.6. The number of rotatable bonds is 7. The van der Waals surface area contributed by atoms with Crippen LogP contribution in [0.1, 0.15) is 66.3 Å². The number of ether oxygens (including phenoxy) is 1. The smallest absolute Gasteiger partial charge is 0.425 e. The highest BCUT2D eigenvalue weighted by Gasteiger charge is 2.39. The molecule has 0 radical (unpaired) electrons. The van der Waals surface area contributed by atoms with Crippen molar-refractivity contribution < 1.29 is 27.1 Å². The van der Waals surface area contributed by atoms with E-state index in [9.17, 15) is 18.0 Å². The van der Waals surface area contributed by atoms with Gasteiger partial charge in [-0.15, -0.1) is 0 Å². The zero-order chi connectivity index (χ0) is 26.6. The molecule has 1 aliphatic carbocycles. The highest BCUT2D eigenvalue weighted by molar-refractivity contribution is 5.95. The van der Waals surface area contributed by atoms with Gasteiger partial charge < -0.3 is 15.0 Å². The molecule has 1 atom stereocenters. The van der Waals surface area contributed by atoms with Crippen molar-refractivity contribution in [2.24, 2.45) is 0 Å². The quantitative estimate of drug-likeness (QED) is 0.520. The summed E-state index contributed by atoms with van der Waals surface area (Å²) in [7, 11) is 0. The Morgan fingerprint density at radius 2 is 1.95 bits per heavy atom. The fourth-order valence-corrected chi connectivity index (χ4v) is 5.02. The Morgan fingerprint density at radius 1 is 1.22 bits per heavy atom. The van der Waals surface area contributed by atoms with Crippen molar-refractivity contribution in [2.45, 2.75) is 82.8 Å². The Labute approximate surface area is 214 Å². The molecule has 2 aromatic rings. The molecule has 2 aromatic heterocycles. The lowest BCUT2D eigenvalue weighted by Gasteiger charge is -2.35. The first kappa shape index (κ1) is 27.3. The van der Waals surface area contributed by atoms with Crippen molar-refractivity contribution in [1.29, 1.82) is 0 Å². The van der Waals surface area contributed by atoms with E-state index in [4.69, 9.17) is 4.74 Å². The Hall–Kier alpha value is -2.75. The van der Waals surface area contributed by atoms with Crippen LogP contribution in [-0.2, 0) is 12.8 Å². The van der Waals surface area contributed by atoms with Gasteiger partial charge in [0.2, 0.25) is 5.88 Å². The van der Waals surface area contributed by atoms with Gasteiger partial charge in [0.15, 0.2) is 6.10 Å². The second-order valence-corrected chi connectivity index (χ2v) is 10.2.